The summed E-state index contributed by atoms with van der Waals surface area (Å²) in [4.78, 5) is 21.7. The summed E-state index contributed by atoms with van der Waals surface area (Å²) >= 11 is 1.40. The molecule has 2 bridgehead atoms. The Morgan fingerprint density at radius 2 is 2.22 bits per heavy atom. The Bertz CT molecular complexity index is 758. The average molecular weight is 334 g/mol. The summed E-state index contributed by atoms with van der Waals surface area (Å²) in [5.74, 6) is -0.269. The second-order valence-corrected chi connectivity index (χ2v) is 7.26. The number of rotatable bonds is 2. The molecule has 3 fully saturated rings. The van der Waals surface area contributed by atoms with E-state index in [0.717, 1.165) is 43.8 Å². The van der Waals surface area contributed by atoms with Crippen molar-refractivity contribution < 1.29 is 9.18 Å². The lowest BCUT2D eigenvalue weighted by molar-refractivity contribution is -0.122. The predicted octanol–water partition coefficient (Wildman–Crippen LogP) is 2.07. The van der Waals surface area contributed by atoms with E-state index < -0.39 is 0 Å². The predicted molar refractivity (Wildman–Crippen MR) is 89.4 cm³/mol. The fraction of sp³-hybridized carbons (Fsp3) is 0.500. The normalized spacial score (nSPS) is 27.1. The van der Waals surface area contributed by atoms with Gasteiger partial charge in [0.2, 0.25) is 5.91 Å². The molecule has 3 atom stereocenters. The van der Waals surface area contributed by atoms with Gasteiger partial charge in [-0.2, -0.15) is 0 Å². The van der Waals surface area contributed by atoms with Crippen LogP contribution in [0.3, 0.4) is 0 Å². The van der Waals surface area contributed by atoms with E-state index in [9.17, 15) is 9.18 Å². The molecule has 3 aliphatic rings. The van der Waals surface area contributed by atoms with E-state index in [2.05, 4.69) is 20.1 Å². The number of aryl methyl sites for hydroxylation is 1. The first-order valence-corrected chi connectivity index (χ1v) is 8.76. The molecule has 5 nitrogen and oxygen atoms in total. The number of nitrogens with zero attached hydrogens (tertiary/aromatic N) is 3. The van der Waals surface area contributed by atoms with Crippen LogP contribution in [0.5, 0.6) is 0 Å². The number of benzene rings is 1. The Morgan fingerprint density at radius 1 is 1.35 bits per heavy atom. The Labute approximate surface area is 138 Å². The van der Waals surface area contributed by atoms with Crippen LogP contribution < -0.4 is 5.32 Å². The molecule has 1 N–H and O–H groups in total. The fourth-order valence-electron chi connectivity index (χ4n) is 3.44. The number of amides is 1. The number of aromatic nitrogens is 1. The summed E-state index contributed by atoms with van der Waals surface area (Å²) in [5, 5.41) is 3.49. The second kappa shape index (κ2) is 5.81. The summed E-state index contributed by atoms with van der Waals surface area (Å²) < 4.78 is 14.5. The zero-order chi connectivity index (χ0) is 16.0. The molecule has 3 saturated heterocycles. The van der Waals surface area contributed by atoms with E-state index in [1.807, 2.05) is 0 Å². The molecule has 0 radical (unpaired) electrons. The van der Waals surface area contributed by atoms with Gasteiger partial charge in [0.25, 0.3) is 0 Å². The zero-order valence-corrected chi connectivity index (χ0v) is 13.8. The number of fused-ring (bicyclic) bond motifs is 5. The molecule has 2 aromatic rings. The molecule has 0 saturated carbocycles. The number of hydrogen-bond acceptors (Lipinski definition) is 5. The highest BCUT2D eigenvalue weighted by Crippen LogP contribution is 2.29. The number of nitrogens with one attached hydrogen (secondary N) is 1. The first-order valence-electron chi connectivity index (χ1n) is 7.95. The second-order valence-electron chi connectivity index (χ2n) is 6.23. The van der Waals surface area contributed by atoms with Gasteiger partial charge in [-0.05, 0) is 32.0 Å². The van der Waals surface area contributed by atoms with Crippen molar-refractivity contribution in [2.45, 2.75) is 19.4 Å². The molecule has 2 unspecified atom stereocenters. The first-order chi connectivity index (χ1) is 11.1. The average Bonchev–Trinajstić information content (AvgIpc) is 2.72. The van der Waals surface area contributed by atoms with Gasteiger partial charge in [0.15, 0.2) is 5.13 Å². The highest BCUT2D eigenvalue weighted by molar-refractivity contribution is 7.22. The molecule has 3 aliphatic heterocycles. The summed E-state index contributed by atoms with van der Waals surface area (Å²) in [5.41, 5.74) is 1.17. The number of thiazole rings is 1. The van der Waals surface area contributed by atoms with Gasteiger partial charge in [-0.1, -0.05) is 11.3 Å². The quantitative estimate of drug-likeness (QED) is 0.913. The molecule has 5 rings (SSSR count). The maximum Gasteiger partial charge on any atom is 0.244 e. The number of piperazine rings is 1. The van der Waals surface area contributed by atoms with Crippen LogP contribution in [0.2, 0.25) is 0 Å². The van der Waals surface area contributed by atoms with Gasteiger partial charge in [-0.25, -0.2) is 9.37 Å². The summed E-state index contributed by atoms with van der Waals surface area (Å²) in [6.07, 6.45) is 1.11. The van der Waals surface area contributed by atoms with Gasteiger partial charge in [0, 0.05) is 31.7 Å². The van der Waals surface area contributed by atoms with Gasteiger partial charge in [-0.3, -0.25) is 14.6 Å². The lowest BCUT2D eigenvalue weighted by atomic mass is 10.2. The molecule has 4 heterocycles. The highest BCUT2D eigenvalue weighted by atomic mass is 32.1. The van der Waals surface area contributed by atoms with Crippen molar-refractivity contribution in [2.24, 2.45) is 0 Å². The molecule has 1 aromatic heterocycles. The van der Waals surface area contributed by atoms with Crippen molar-refractivity contribution in [3.63, 3.8) is 0 Å². The third-order valence-corrected chi connectivity index (χ3v) is 5.71. The van der Waals surface area contributed by atoms with Crippen molar-refractivity contribution in [3.8, 4) is 0 Å². The van der Waals surface area contributed by atoms with E-state index in [1.54, 1.807) is 13.0 Å². The van der Waals surface area contributed by atoms with Crippen LogP contribution >= 0.6 is 11.3 Å². The van der Waals surface area contributed by atoms with Crippen LogP contribution in [0.25, 0.3) is 10.2 Å². The molecule has 122 valence electrons. The number of carbonyl (C=O) groups excluding carboxylic acids is 1. The van der Waals surface area contributed by atoms with E-state index in [0.29, 0.717) is 16.2 Å². The third-order valence-electron chi connectivity index (χ3n) is 4.78. The SMILES string of the molecule is Cc1c(F)ccc2sc(NC(=O)[C@H]3CN4CCCN3CC4)nc12. The molecule has 0 spiro atoms. The van der Waals surface area contributed by atoms with Crippen molar-refractivity contribution in [3.05, 3.63) is 23.5 Å². The number of carbonyl (C=O) groups is 1. The summed E-state index contributed by atoms with van der Waals surface area (Å²) in [7, 11) is 0. The molecular formula is C16H19FN4OS. The van der Waals surface area contributed by atoms with Crippen molar-refractivity contribution in [1.82, 2.24) is 14.8 Å². The molecule has 7 heteroatoms. The Hall–Kier alpha value is -1.57. The van der Waals surface area contributed by atoms with Crippen molar-refractivity contribution in [2.75, 3.05) is 38.0 Å². The highest BCUT2D eigenvalue weighted by Gasteiger charge is 2.34. The molecule has 23 heavy (non-hydrogen) atoms. The summed E-state index contributed by atoms with van der Waals surface area (Å²) in [6.45, 7) is 6.53. The van der Waals surface area contributed by atoms with Gasteiger partial charge in [0.1, 0.15) is 11.9 Å². The lowest BCUT2D eigenvalue weighted by Crippen LogP contribution is -2.55. The smallest absolute Gasteiger partial charge is 0.244 e. The molecule has 1 aromatic carbocycles. The number of hydrogen-bond donors (Lipinski definition) is 1. The van der Waals surface area contributed by atoms with Crippen LogP contribution in [-0.2, 0) is 4.79 Å². The molecule has 0 aliphatic carbocycles. The maximum atomic E-state index is 13.6. The standard InChI is InChI=1S/C16H19FN4OS/c1-10-11(17)3-4-13-14(10)18-16(23-13)19-15(22)12-9-20-5-2-6-21(12)8-7-20/h3-4,12H,2,5-9H2,1H3,(H,18,19,22)/t12-/m1/s1. The fourth-order valence-corrected chi connectivity index (χ4v) is 4.36. The van der Waals surface area contributed by atoms with E-state index >= 15 is 0 Å². The Kier molecular flexibility index (Phi) is 3.79. The minimum absolute atomic E-state index is 0.00576. The van der Waals surface area contributed by atoms with Crippen molar-refractivity contribution >= 4 is 32.6 Å². The zero-order valence-electron chi connectivity index (χ0n) is 13.0. The Morgan fingerprint density at radius 3 is 3.09 bits per heavy atom. The minimum atomic E-state index is -0.263. The van der Waals surface area contributed by atoms with Crippen molar-refractivity contribution in [1.29, 1.82) is 0 Å². The van der Waals surface area contributed by atoms with Crippen LogP contribution in [0.15, 0.2) is 12.1 Å². The topological polar surface area (TPSA) is 48.5 Å². The van der Waals surface area contributed by atoms with E-state index in [4.69, 9.17) is 0 Å². The monoisotopic (exact) mass is 334 g/mol. The van der Waals surface area contributed by atoms with Gasteiger partial charge >= 0.3 is 0 Å². The Balaban J connectivity index is 1.56. The lowest BCUT2D eigenvalue weighted by Gasteiger charge is -2.36. The molecular weight excluding hydrogens is 315 g/mol. The number of halogens is 1. The van der Waals surface area contributed by atoms with E-state index in [-0.39, 0.29) is 17.8 Å². The molecule has 1 amide bonds. The van der Waals surface area contributed by atoms with Crippen LogP contribution in [-0.4, -0.2) is 59.5 Å². The maximum absolute atomic E-state index is 13.6. The number of anilines is 1. The van der Waals surface area contributed by atoms with E-state index in [1.165, 1.54) is 17.4 Å². The van der Waals surface area contributed by atoms with Crippen LogP contribution in [0.1, 0.15) is 12.0 Å². The van der Waals surface area contributed by atoms with Crippen LogP contribution in [0, 0.1) is 12.7 Å². The minimum Gasteiger partial charge on any atom is -0.301 e. The first kappa shape index (κ1) is 15.0. The van der Waals surface area contributed by atoms with Gasteiger partial charge in [0.05, 0.1) is 10.2 Å². The van der Waals surface area contributed by atoms with Gasteiger partial charge < -0.3 is 5.32 Å². The van der Waals surface area contributed by atoms with Crippen LogP contribution in [0.4, 0.5) is 9.52 Å². The van der Waals surface area contributed by atoms with Gasteiger partial charge in [-0.15, -0.1) is 0 Å². The largest absolute Gasteiger partial charge is 0.301 e. The summed E-state index contributed by atoms with van der Waals surface area (Å²) in [6, 6.07) is 3.05. The third kappa shape index (κ3) is 2.73.